The number of benzene rings is 2. The number of rotatable bonds is 2. The topological polar surface area (TPSA) is 61.8 Å². The molecule has 2 aromatic rings. The van der Waals surface area contributed by atoms with E-state index in [9.17, 15) is 0 Å². The van der Waals surface area contributed by atoms with E-state index in [0.717, 1.165) is 17.8 Å². The maximum absolute atomic E-state index is 9.03. The molecule has 0 saturated carbocycles. The highest BCUT2D eigenvalue weighted by atomic mass is 35.5. The number of fused-ring (bicyclic) bond motifs is 1. The van der Waals surface area contributed by atoms with E-state index >= 15 is 0 Å². The van der Waals surface area contributed by atoms with Gasteiger partial charge < -0.3 is 15.8 Å². The van der Waals surface area contributed by atoms with Crippen molar-refractivity contribution in [3.63, 3.8) is 0 Å². The van der Waals surface area contributed by atoms with Crippen molar-refractivity contribution in [2.45, 2.75) is 19.4 Å². The zero-order valence-corrected chi connectivity index (χ0v) is 12.4. The van der Waals surface area contributed by atoms with Crippen LogP contribution in [-0.4, -0.2) is 17.1 Å². The van der Waals surface area contributed by atoms with Gasteiger partial charge in [-0.25, -0.2) is 0 Å². The number of hydrogen-bond acceptors (Lipinski definition) is 3. The lowest BCUT2D eigenvalue weighted by Gasteiger charge is -2.27. The summed E-state index contributed by atoms with van der Waals surface area (Å²) in [4.78, 5) is 2.19. The van der Waals surface area contributed by atoms with E-state index in [1.165, 1.54) is 5.56 Å². The molecule has 0 amide bonds. The Labute approximate surface area is 128 Å². The SMILES string of the molecule is CC1Cc2ccccc2N1c1cccc(Cl)c1C(N)=NO. The zero-order valence-electron chi connectivity index (χ0n) is 11.6. The van der Waals surface area contributed by atoms with Gasteiger partial charge >= 0.3 is 0 Å². The molecule has 0 bridgehead atoms. The third-order valence-corrected chi connectivity index (χ3v) is 4.14. The summed E-state index contributed by atoms with van der Waals surface area (Å²) < 4.78 is 0. The van der Waals surface area contributed by atoms with E-state index in [2.05, 4.69) is 29.1 Å². The third-order valence-electron chi connectivity index (χ3n) is 3.82. The Balaban J connectivity index is 2.20. The van der Waals surface area contributed by atoms with Gasteiger partial charge in [0.2, 0.25) is 0 Å². The van der Waals surface area contributed by atoms with Crippen LogP contribution in [0, 0.1) is 0 Å². The van der Waals surface area contributed by atoms with Crippen molar-refractivity contribution in [3.8, 4) is 0 Å². The number of anilines is 2. The summed E-state index contributed by atoms with van der Waals surface area (Å²) in [7, 11) is 0. The van der Waals surface area contributed by atoms with E-state index in [-0.39, 0.29) is 11.9 Å². The quantitative estimate of drug-likeness (QED) is 0.386. The van der Waals surface area contributed by atoms with Crippen molar-refractivity contribution in [3.05, 3.63) is 58.6 Å². The molecule has 1 aliphatic rings. The monoisotopic (exact) mass is 301 g/mol. The minimum Gasteiger partial charge on any atom is -0.409 e. The molecule has 2 aromatic carbocycles. The molecule has 0 aliphatic carbocycles. The summed E-state index contributed by atoms with van der Waals surface area (Å²) >= 11 is 6.26. The van der Waals surface area contributed by atoms with Crippen molar-refractivity contribution in [2.24, 2.45) is 10.9 Å². The molecule has 3 N–H and O–H groups in total. The maximum atomic E-state index is 9.03. The van der Waals surface area contributed by atoms with Crippen LogP contribution in [0.15, 0.2) is 47.6 Å². The summed E-state index contributed by atoms with van der Waals surface area (Å²) in [5.41, 5.74) is 9.66. The molecule has 1 aliphatic heterocycles. The number of halogens is 1. The molecule has 0 aromatic heterocycles. The lowest BCUT2D eigenvalue weighted by atomic mass is 10.1. The van der Waals surface area contributed by atoms with Crippen LogP contribution >= 0.6 is 11.6 Å². The minimum absolute atomic E-state index is 0.0205. The maximum Gasteiger partial charge on any atom is 0.173 e. The van der Waals surface area contributed by atoms with E-state index < -0.39 is 0 Å². The first kappa shape index (κ1) is 13.8. The first-order chi connectivity index (χ1) is 10.1. The largest absolute Gasteiger partial charge is 0.409 e. The van der Waals surface area contributed by atoms with Crippen molar-refractivity contribution in [1.29, 1.82) is 0 Å². The highest BCUT2D eigenvalue weighted by molar-refractivity contribution is 6.35. The van der Waals surface area contributed by atoms with Crippen LogP contribution in [0.2, 0.25) is 5.02 Å². The molecule has 1 heterocycles. The van der Waals surface area contributed by atoms with Gasteiger partial charge in [0.25, 0.3) is 0 Å². The average Bonchev–Trinajstić information content (AvgIpc) is 2.82. The lowest BCUT2D eigenvalue weighted by molar-refractivity contribution is 0.318. The van der Waals surface area contributed by atoms with Gasteiger partial charge in [-0.15, -0.1) is 0 Å². The lowest BCUT2D eigenvalue weighted by Crippen LogP contribution is -2.27. The predicted molar refractivity (Wildman–Crippen MR) is 85.7 cm³/mol. The Morgan fingerprint density at radius 1 is 1.24 bits per heavy atom. The highest BCUT2D eigenvalue weighted by Gasteiger charge is 2.29. The van der Waals surface area contributed by atoms with Gasteiger partial charge in [-0.1, -0.05) is 41.0 Å². The first-order valence-corrected chi connectivity index (χ1v) is 7.15. The molecular formula is C16H16ClN3O. The van der Waals surface area contributed by atoms with Gasteiger partial charge in [0, 0.05) is 11.7 Å². The molecule has 0 radical (unpaired) electrons. The van der Waals surface area contributed by atoms with E-state index in [1.54, 1.807) is 6.07 Å². The van der Waals surface area contributed by atoms with Crippen molar-refractivity contribution < 1.29 is 5.21 Å². The molecule has 1 unspecified atom stereocenters. The van der Waals surface area contributed by atoms with Crippen LogP contribution in [0.4, 0.5) is 11.4 Å². The summed E-state index contributed by atoms with van der Waals surface area (Å²) in [5.74, 6) is 0.0205. The Morgan fingerprint density at radius 2 is 1.95 bits per heavy atom. The van der Waals surface area contributed by atoms with Crippen LogP contribution in [0.5, 0.6) is 0 Å². The normalized spacial score (nSPS) is 17.9. The van der Waals surface area contributed by atoms with Gasteiger partial charge in [-0.2, -0.15) is 0 Å². The van der Waals surface area contributed by atoms with E-state index in [0.29, 0.717) is 10.6 Å². The molecule has 5 heteroatoms. The number of para-hydroxylation sites is 1. The second-order valence-corrected chi connectivity index (χ2v) is 5.58. The Morgan fingerprint density at radius 3 is 2.71 bits per heavy atom. The molecule has 108 valence electrons. The van der Waals surface area contributed by atoms with Crippen LogP contribution in [0.25, 0.3) is 0 Å². The summed E-state index contributed by atoms with van der Waals surface area (Å²) in [6.45, 7) is 2.15. The number of oxime groups is 1. The Hall–Kier alpha value is -2.20. The smallest absolute Gasteiger partial charge is 0.173 e. The van der Waals surface area contributed by atoms with E-state index in [4.69, 9.17) is 22.5 Å². The Bertz CT molecular complexity index is 714. The van der Waals surface area contributed by atoms with Gasteiger partial charge in [-0.05, 0) is 37.1 Å². The molecule has 0 fully saturated rings. The van der Waals surface area contributed by atoms with Gasteiger partial charge in [0.1, 0.15) is 0 Å². The fourth-order valence-electron chi connectivity index (χ4n) is 2.95. The van der Waals surface area contributed by atoms with E-state index in [1.807, 2.05) is 24.3 Å². The molecule has 0 spiro atoms. The Kier molecular flexibility index (Phi) is 3.47. The second-order valence-electron chi connectivity index (χ2n) is 5.17. The third kappa shape index (κ3) is 2.21. The van der Waals surface area contributed by atoms with Gasteiger partial charge in [0.05, 0.1) is 16.3 Å². The fourth-order valence-corrected chi connectivity index (χ4v) is 3.22. The predicted octanol–water partition coefficient (Wildman–Crippen LogP) is 3.52. The average molecular weight is 302 g/mol. The van der Waals surface area contributed by atoms with Gasteiger partial charge in [-0.3, -0.25) is 0 Å². The molecule has 4 nitrogen and oxygen atoms in total. The number of nitrogens with two attached hydrogens (primary N) is 1. The van der Waals surface area contributed by atoms with Crippen LogP contribution in [0.3, 0.4) is 0 Å². The van der Waals surface area contributed by atoms with Crippen LogP contribution in [-0.2, 0) is 6.42 Å². The number of nitrogens with zero attached hydrogens (tertiary/aromatic N) is 2. The number of amidine groups is 1. The molecule has 3 rings (SSSR count). The van der Waals surface area contributed by atoms with Gasteiger partial charge in [0.15, 0.2) is 5.84 Å². The van der Waals surface area contributed by atoms with Crippen molar-refractivity contribution >= 4 is 28.8 Å². The number of hydrogen-bond donors (Lipinski definition) is 2. The van der Waals surface area contributed by atoms with Crippen LogP contribution in [0.1, 0.15) is 18.1 Å². The van der Waals surface area contributed by atoms with Crippen LogP contribution < -0.4 is 10.6 Å². The highest BCUT2D eigenvalue weighted by Crippen LogP contribution is 2.41. The summed E-state index contributed by atoms with van der Waals surface area (Å²) in [6.07, 6.45) is 0.957. The fraction of sp³-hybridized carbons (Fsp3) is 0.188. The molecular weight excluding hydrogens is 286 g/mol. The van der Waals surface area contributed by atoms with Crippen molar-refractivity contribution in [1.82, 2.24) is 0 Å². The zero-order chi connectivity index (χ0) is 15.0. The summed E-state index contributed by atoms with van der Waals surface area (Å²) in [5, 5.41) is 12.6. The first-order valence-electron chi connectivity index (χ1n) is 6.77. The summed E-state index contributed by atoms with van der Waals surface area (Å²) in [6, 6.07) is 14.1. The molecule has 1 atom stereocenters. The molecule has 0 saturated heterocycles. The molecule has 21 heavy (non-hydrogen) atoms. The minimum atomic E-state index is 0.0205. The second kappa shape index (κ2) is 5.30. The standard InChI is InChI=1S/C16H16ClN3O/c1-10-9-11-5-2-3-7-13(11)20(10)14-8-4-6-12(17)15(14)16(18)19-21/h2-8,10,21H,9H2,1H3,(H2,18,19). The van der Waals surface area contributed by atoms with Crippen molar-refractivity contribution in [2.75, 3.05) is 4.90 Å².